The van der Waals surface area contributed by atoms with Crippen molar-refractivity contribution in [1.82, 2.24) is 4.90 Å². The van der Waals surface area contributed by atoms with Gasteiger partial charge in [0.15, 0.2) is 0 Å². The number of likely N-dealkylation sites (N-methyl/N-ethyl adjacent to an activating group) is 1. The Hall–Kier alpha value is -1.55. The molecule has 0 heterocycles. The number of hydrogen-bond acceptors (Lipinski definition) is 3. The highest BCUT2D eigenvalue weighted by Crippen LogP contribution is 2.07. The molecule has 1 aromatic rings. The highest BCUT2D eigenvalue weighted by Gasteiger charge is 1.99. The average Bonchev–Trinajstić information content (AvgIpc) is 2.28. The minimum atomic E-state index is 0.232. The first-order valence-corrected chi connectivity index (χ1v) is 5.38. The van der Waals surface area contributed by atoms with Gasteiger partial charge >= 0.3 is 0 Å². The topological polar surface area (TPSA) is 62.3 Å². The Kier molecular flexibility index (Phi) is 5.36. The smallest absolute Gasteiger partial charge is 0.119 e. The molecule has 0 fully saturated rings. The van der Waals surface area contributed by atoms with E-state index in [1.165, 1.54) is 0 Å². The van der Waals surface area contributed by atoms with E-state index < -0.39 is 0 Å². The first-order chi connectivity index (χ1) is 7.68. The Morgan fingerprint density at radius 3 is 2.62 bits per heavy atom. The highest BCUT2D eigenvalue weighted by molar-refractivity contribution is 5.76. The summed E-state index contributed by atoms with van der Waals surface area (Å²) < 4.78 is 5.56. The Morgan fingerprint density at radius 1 is 1.31 bits per heavy atom. The van der Waals surface area contributed by atoms with Crippen LogP contribution in [0.5, 0.6) is 5.75 Å². The van der Waals surface area contributed by atoms with E-state index >= 15 is 0 Å². The second-order valence-corrected chi connectivity index (χ2v) is 3.74. The third kappa shape index (κ3) is 5.36. The molecule has 1 rings (SSSR count). The Balaban J connectivity index is 2.13. The Labute approximate surface area is 96.5 Å². The lowest BCUT2D eigenvalue weighted by atomic mass is 10.3. The molecule has 4 nitrogen and oxygen atoms in total. The molecule has 0 unspecified atom stereocenters. The third-order valence-electron chi connectivity index (χ3n) is 2.25. The van der Waals surface area contributed by atoms with Crippen LogP contribution in [0.15, 0.2) is 30.3 Å². The van der Waals surface area contributed by atoms with Crippen LogP contribution in [0.2, 0.25) is 0 Å². The molecule has 0 amide bonds. The van der Waals surface area contributed by atoms with Crippen molar-refractivity contribution in [3.63, 3.8) is 0 Å². The standard InChI is InChI=1S/C12H19N3O/c1-15(8-7-12(13)14)9-10-16-11-5-3-2-4-6-11/h2-6H,7-10H2,1H3,(H3,13,14). The number of amidine groups is 1. The molecule has 0 bridgehead atoms. The van der Waals surface area contributed by atoms with Crippen LogP contribution in [-0.2, 0) is 0 Å². The fraction of sp³-hybridized carbons (Fsp3) is 0.417. The van der Waals surface area contributed by atoms with Crippen LogP contribution in [0.1, 0.15) is 6.42 Å². The van der Waals surface area contributed by atoms with E-state index in [4.69, 9.17) is 15.9 Å². The van der Waals surface area contributed by atoms with Gasteiger partial charge in [-0.2, -0.15) is 0 Å². The van der Waals surface area contributed by atoms with Gasteiger partial charge in [0.25, 0.3) is 0 Å². The third-order valence-corrected chi connectivity index (χ3v) is 2.25. The summed E-state index contributed by atoms with van der Waals surface area (Å²) in [5.41, 5.74) is 5.29. The summed E-state index contributed by atoms with van der Waals surface area (Å²) in [7, 11) is 2.00. The van der Waals surface area contributed by atoms with E-state index in [2.05, 4.69) is 4.90 Å². The van der Waals surface area contributed by atoms with E-state index in [0.29, 0.717) is 13.0 Å². The van der Waals surface area contributed by atoms with Crippen molar-refractivity contribution in [2.45, 2.75) is 6.42 Å². The summed E-state index contributed by atoms with van der Waals surface area (Å²) in [4.78, 5) is 2.10. The average molecular weight is 221 g/mol. The quantitative estimate of drug-likeness (QED) is 0.539. The SMILES string of the molecule is CN(CCOc1ccccc1)CCC(=N)N. The molecule has 88 valence electrons. The zero-order valence-electron chi connectivity index (χ0n) is 9.65. The summed E-state index contributed by atoms with van der Waals surface area (Å²) in [6.07, 6.45) is 0.613. The van der Waals surface area contributed by atoms with E-state index in [1.54, 1.807) is 0 Å². The van der Waals surface area contributed by atoms with Gasteiger partial charge in [-0.15, -0.1) is 0 Å². The molecule has 0 saturated carbocycles. The molecule has 1 aromatic carbocycles. The lowest BCUT2D eigenvalue weighted by Gasteiger charge is -2.16. The largest absolute Gasteiger partial charge is 0.492 e. The van der Waals surface area contributed by atoms with Crippen LogP contribution in [0.25, 0.3) is 0 Å². The van der Waals surface area contributed by atoms with Gasteiger partial charge in [-0.25, -0.2) is 0 Å². The molecule has 3 N–H and O–H groups in total. The molecule has 0 atom stereocenters. The molecule has 0 aliphatic carbocycles. The summed E-state index contributed by atoms with van der Waals surface area (Å²) in [6, 6.07) is 9.75. The van der Waals surface area contributed by atoms with E-state index in [0.717, 1.165) is 18.8 Å². The maximum atomic E-state index is 7.12. The van der Waals surface area contributed by atoms with Gasteiger partial charge in [-0.05, 0) is 19.2 Å². The number of benzene rings is 1. The number of rotatable bonds is 7. The van der Waals surface area contributed by atoms with Crippen LogP contribution >= 0.6 is 0 Å². The predicted molar refractivity (Wildman–Crippen MR) is 66.0 cm³/mol. The molecule has 0 aromatic heterocycles. The van der Waals surface area contributed by atoms with Crippen molar-refractivity contribution in [3.8, 4) is 5.75 Å². The minimum Gasteiger partial charge on any atom is -0.492 e. The lowest BCUT2D eigenvalue weighted by molar-refractivity contribution is 0.240. The number of para-hydroxylation sites is 1. The van der Waals surface area contributed by atoms with Gasteiger partial charge in [0, 0.05) is 19.5 Å². The maximum Gasteiger partial charge on any atom is 0.119 e. The van der Waals surface area contributed by atoms with Crippen molar-refractivity contribution < 1.29 is 4.74 Å². The van der Waals surface area contributed by atoms with Crippen molar-refractivity contribution >= 4 is 5.84 Å². The number of hydrogen-bond donors (Lipinski definition) is 2. The van der Waals surface area contributed by atoms with E-state index in [9.17, 15) is 0 Å². The molecular formula is C12H19N3O. The zero-order valence-corrected chi connectivity index (χ0v) is 9.65. The van der Waals surface area contributed by atoms with Gasteiger partial charge in [0.1, 0.15) is 12.4 Å². The molecule has 16 heavy (non-hydrogen) atoms. The maximum absolute atomic E-state index is 7.12. The van der Waals surface area contributed by atoms with Gasteiger partial charge in [0.2, 0.25) is 0 Å². The first-order valence-electron chi connectivity index (χ1n) is 5.38. The summed E-state index contributed by atoms with van der Waals surface area (Å²) in [5, 5.41) is 7.12. The van der Waals surface area contributed by atoms with Crippen molar-refractivity contribution in [1.29, 1.82) is 5.41 Å². The molecule has 0 radical (unpaired) electrons. The predicted octanol–water partition coefficient (Wildman–Crippen LogP) is 1.32. The second-order valence-electron chi connectivity index (χ2n) is 3.74. The van der Waals surface area contributed by atoms with Crippen LogP contribution in [0.4, 0.5) is 0 Å². The van der Waals surface area contributed by atoms with E-state index in [1.807, 2.05) is 37.4 Å². The van der Waals surface area contributed by atoms with Crippen LogP contribution in [-0.4, -0.2) is 37.5 Å². The number of ether oxygens (including phenoxy) is 1. The van der Waals surface area contributed by atoms with Gasteiger partial charge in [-0.1, -0.05) is 18.2 Å². The van der Waals surface area contributed by atoms with Crippen LogP contribution < -0.4 is 10.5 Å². The molecular weight excluding hydrogens is 202 g/mol. The number of nitrogens with zero attached hydrogens (tertiary/aromatic N) is 1. The zero-order chi connectivity index (χ0) is 11.8. The van der Waals surface area contributed by atoms with Crippen molar-refractivity contribution in [2.75, 3.05) is 26.7 Å². The normalized spacial score (nSPS) is 10.4. The lowest BCUT2D eigenvalue weighted by Crippen LogP contribution is -2.28. The van der Waals surface area contributed by atoms with Crippen molar-refractivity contribution in [3.05, 3.63) is 30.3 Å². The highest BCUT2D eigenvalue weighted by atomic mass is 16.5. The fourth-order valence-corrected chi connectivity index (χ4v) is 1.26. The molecule has 0 saturated heterocycles. The Morgan fingerprint density at radius 2 is 2.00 bits per heavy atom. The second kappa shape index (κ2) is 6.85. The summed E-state index contributed by atoms with van der Waals surface area (Å²) in [5.74, 6) is 1.12. The molecule has 0 spiro atoms. The van der Waals surface area contributed by atoms with Crippen molar-refractivity contribution in [2.24, 2.45) is 5.73 Å². The summed E-state index contributed by atoms with van der Waals surface area (Å²) in [6.45, 7) is 2.29. The first kappa shape index (κ1) is 12.5. The van der Waals surface area contributed by atoms with Crippen LogP contribution in [0, 0.1) is 5.41 Å². The number of nitrogens with two attached hydrogens (primary N) is 1. The molecule has 0 aliphatic heterocycles. The molecule has 0 aliphatic rings. The van der Waals surface area contributed by atoms with Gasteiger partial charge in [-0.3, -0.25) is 5.41 Å². The number of nitrogens with one attached hydrogen (secondary N) is 1. The summed E-state index contributed by atoms with van der Waals surface area (Å²) >= 11 is 0. The van der Waals surface area contributed by atoms with E-state index in [-0.39, 0.29) is 5.84 Å². The molecule has 4 heteroatoms. The Bertz CT molecular complexity index is 313. The monoisotopic (exact) mass is 221 g/mol. The van der Waals surface area contributed by atoms with Gasteiger partial charge < -0.3 is 15.4 Å². The minimum absolute atomic E-state index is 0.232. The van der Waals surface area contributed by atoms with Gasteiger partial charge in [0.05, 0.1) is 5.84 Å². The van der Waals surface area contributed by atoms with Crippen LogP contribution in [0.3, 0.4) is 0 Å². The fourth-order valence-electron chi connectivity index (χ4n) is 1.26.